The van der Waals surface area contributed by atoms with Crippen molar-refractivity contribution in [1.29, 1.82) is 0 Å². The van der Waals surface area contributed by atoms with Gasteiger partial charge in [0.1, 0.15) is 0 Å². The normalized spacial score (nSPS) is 22.8. The van der Waals surface area contributed by atoms with Crippen molar-refractivity contribution >= 4 is 78.0 Å². The zero-order valence-corrected chi connectivity index (χ0v) is 41.8. The van der Waals surface area contributed by atoms with E-state index in [0.717, 1.165) is 0 Å². The summed E-state index contributed by atoms with van der Waals surface area (Å²) in [6.45, 7) is 36.3. The molecule has 3 heterocycles. The van der Waals surface area contributed by atoms with Crippen molar-refractivity contribution in [2.24, 2.45) is 0 Å². The van der Waals surface area contributed by atoms with Gasteiger partial charge in [-0.1, -0.05) is 134 Å². The van der Waals surface area contributed by atoms with Crippen LogP contribution in [0.2, 0.25) is 0 Å². The lowest BCUT2D eigenvalue weighted by Crippen LogP contribution is -2.61. The highest BCUT2D eigenvalue weighted by Crippen LogP contribution is 2.62. The van der Waals surface area contributed by atoms with Gasteiger partial charge in [0.25, 0.3) is 6.71 Å². The van der Waals surface area contributed by atoms with E-state index < -0.39 is 0 Å². The minimum absolute atomic E-state index is 0.00146. The fourth-order valence-corrected chi connectivity index (χ4v) is 14.2. The zero-order chi connectivity index (χ0) is 44.8. The molecule has 0 amide bonds. The summed E-state index contributed by atoms with van der Waals surface area (Å²) in [7, 11) is 0. The maximum atomic E-state index is 2.74. The second-order valence-electron chi connectivity index (χ2n) is 25.6. The van der Waals surface area contributed by atoms with Gasteiger partial charge < -0.3 is 9.80 Å². The van der Waals surface area contributed by atoms with Crippen LogP contribution >= 0.6 is 11.3 Å². The molecule has 5 aromatic carbocycles. The molecule has 2 atom stereocenters. The van der Waals surface area contributed by atoms with E-state index in [2.05, 4.69) is 210 Å². The smallest absolute Gasteiger partial charge is 0.254 e. The molecule has 324 valence electrons. The Morgan fingerprint density at radius 1 is 0.476 bits per heavy atom. The van der Waals surface area contributed by atoms with Gasteiger partial charge in [0.05, 0.1) is 5.00 Å². The first-order valence-electron chi connectivity index (χ1n) is 24.1. The molecule has 1 aromatic heterocycles. The molecular formula is C59H69BN2S. The summed E-state index contributed by atoms with van der Waals surface area (Å²) in [6, 6.07) is 35.1. The van der Waals surface area contributed by atoms with Gasteiger partial charge in [0, 0.05) is 33.1 Å². The van der Waals surface area contributed by atoms with E-state index in [4.69, 9.17) is 0 Å². The van der Waals surface area contributed by atoms with E-state index >= 15 is 0 Å². The molecule has 5 aliphatic rings. The standard InChI is InChI=1S/C59H69BN2S/c1-53(2,3)35-16-19-38(20-17-35)61-46-23-18-36(54(4,5)6)28-45(46)60-50-40-32-43-44(59(15)27-26-58(43,14)34-59)33-49(40)63-52(50)62(48-30-37(55(7,8)9)29-47(61)51(48)60)39-21-22-41-42(31-39)57(12,13)25-24-56(41,10)11/h16-23,28-33H,24-27,34H2,1-15H3. The molecule has 0 radical (unpaired) electrons. The van der Waals surface area contributed by atoms with E-state index in [0.29, 0.717) is 0 Å². The van der Waals surface area contributed by atoms with Crippen LogP contribution in [0.3, 0.4) is 0 Å². The second-order valence-corrected chi connectivity index (χ2v) is 26.6. The number of hydrogen-bond acceptors (Lipinski definition) is 3. The molecule has 0 N–H and O–H groups in total. The van der Waals surface area contributed by atoms with E-state index in [1.54, 1.807) is 11.1 Å². The number of nitrogens with zero attached hydrogens (tertiary/aromatic N) is 2. The first-order valence-corrected chi connectivity index (χ1v) is 24.9. The lowest BCUT2D eigenvalue weighted by atomic mass is 9.33. The highest BCUT2D eigenvalue weighted by Gasteiger charge is 2.54. The second kappa shape index (κ2) is 12.7. The predicted octanol–water partition coefficient (Wildman–Crippen LogP) is 14.9. The molecule has 6 aromatic rings. The van der Waals surface area contributed by atoms with Crippen molar-refractivity contribution in [2.45, 2.75) is 174 Å². The Hall–Kier alpha value is -4.28. The summed E-state index contributed by atoms with van der Waals surface area (Å²) >= 11 is 2.05. The van der Waals surface area contributed by atoms with Gasteiger partial charge in [0.2, 0.25) is 0 Å². The van der Waals surface area contributed by atoms with Gasteiger partial charge in [-0.25, -0.2) is 0 Å². The molecule has 3 aliphatic carbocycles. The molecule has 0 saturated heterocycles. The molecular weight excluding hydrogens is 780 g/mol. The summed E-state index contributed by atoms with van der Waals surface area (Å²) in [6.07, 6.45) is 6.26. The number of benzene rings is 5. The Labute approximate surface area is 383 Å². The number of anilines is 6. The molecule has 2 unspecified atom stereocenters. The third kappa shape index (κ3) is 5.94. The molecule has 63 heavy (non-hydrogen) atoms. The van der Waals surface area contributed by atoms with Crippen LogP contribution in [-0.4, -0.2) is 6.71 Å². The Morgan fingerprint density at radius 3 is 1.65 bits per heavy atom. The molecule has 0 spiro atoms. The van der Waals surface area contributed by atoms with Gasteiger partial charge in [-0.05, 0) is 185 Å². The zero-order valence-electron chi connectivity index (χ0n) is 41.0. The molecule has 1 fully saturated rings. The van der Waals surface area contributed by atoms with E-state index in [1.165, 1.54) is 120 Å². The van der Waals surface area contributed by atoms with Crippen LogP contribution in [-0.2, 0) is 37.9 Å². The van der Waals surface area contributed by atoms with Crippen LogP contribution in [0.1, 0.15) is 175 Å². The number of thiophene rings is 1. The number of rotatable bonds is 2. The highest BCUT2D eigenvalue weighted by molar-refractivity contribution is 7.26. The quantitative estimate of drug-likeness (QED) is 0.160. The van der Waals surface area contributed by atoms with Gasteiger partial charge in [-0.3, -0.25) is 0 Å². The molecule has 2 nitrogen and oxygen atoms in total. The molecule has 1 saturated carbocycles. The van der Waals surface area contributed by atoms with Crippen molar-refractivity contribution in [3.05, 3.63) is 124 Å². The average Bonchev–Trinajstić information content (AvgIpc) is 3.81. The first-order chi connectivity index (χ1) is 29.3. The van der Waals surface area contributed by atoms with Crippen LogP contribution in [0.4, 0.5) is 33.4 Å². The minimum atomic E-state index is -0.0713. The Bertz CT molecular complexity index is 2920. The molecule has 2 bridgehead atoms. The summed E-state index contributed by atoms with van der Waals surface area (Å²) < 4.78 is 1.44. The fourth-order valence-electron chi connectivity index (χ4n) is 12.9. The van der Waals surface area contributed by atoms with Gasteiger partial charge >= 0.3 is 0 Å². The number of fused-ring (bicyclic) bond motifs is 12. The fraction of sp³-hybridized carbons (Fsp3) is 0.458. The van der Waals surface area contributed by atoms with Gasteiger partial charge in [-0.15, -0.1) is 11.3 Å². The summed E-state index contributed by atoms with van der Waals surface area (Å²) in [5, 5.41) is 2.86. The Balaban J connectivity index is 1.27. The topological polar surface area (TPSA) is 6.48 Å². The monoisotopic (exact) mass is 849 g/mol. The molecule has 11 rings (SSSR count). The lowest BCUT2D eigenvalue weighted by Gasteiger charge is -2.45. The van der Waals surface area contributed by atoms with Crippen LogP contribution < -0.4 is 26.2 Å². The maximum absolute atomic E-state index is 2.74. The van der Waals surface area contributed by atoms with Crippen molar-refractivity contribution in [2.75, 3.05) is 9.80 Å². The first kappa shape index (κ1) is 41.4. The largest absolute Gasteiger partial charge is 0.311 e. The predicted molar refractivity (Wildman–Crippen MR) is 276 cm³/mol. The molecule has 4 heteroatoms. The third-order valence-electron chi connectivity index (χ3n) is 17.0. The lowest BCUT2D eigenvalue weighted by molar-refractivity contribution is 0.332. The van der Waals surface area contributed by atoms with Gasteiger partial charge in [-0.2, -0.15) is 0 Å². The Morgan fingerprint density at radius 2 is 1.03 bits per heavy atom. The van der Waals surface area contributed by atoms with Crippen molar-refractivity contribution in [1.82, 2.24) is 0 Å². The van der Waals surface area contributed by atoms with E-state index in [1.807, 2.05) is 0 Å². The van der Waals surface area contributed by atoms with Crippen LogP contribution in [0.25, 0.3) is 10.1 Å². The number of hydrogen-bond donors (Lipinski definition) is 0. The maximum Gasteiger partial charge on any atom is 0.254 e. The van der Waals surface area contributed by atoms with Crippen molar-refractivity contribution in [3.63, 3.8) is 0 Å². The van der Waals surface area contributed by atoms with Crippen molar-refractivity contribution < 1.29 is 0 Å². The minimum Gasteiger partial charge on any atom is -0.311 e. The van der Waals surface area contributed by atoms with Crippen LogP contribution in [0, 0.1) is 0 Å². The molecule has 2 aliphatic heterocycles. The summed E-state index contributed by atoms with van der Waals surface area (Å²) in [5.41, 5.74) is 21.9. The summed E-state index contributed by atoms with van der Waals surface area (Å²) in [5.74, 6) is 0. The van der Waals surface area contributed by atoms with E-state index in [-0.39, 0.29) is 44.6 Å². The SMILES string of the molecule is CC(C)(C)c1ccc(N2c3ccc(C(C)(C)C)cc3B3c4c2cc(C(C)(C)C)cc4N(c2ccc4c(c2)C(C)(C)CCC4(C)C)c2sc4cc5c(cc4c23)C2(C)CCC5(C)C2)cc1. The van der Waals surface area contributed by atoms with Gasteiger partial charge in [0.15, 0.2) is 0 Å². The van der Waals surface area contributed by atoms with Crippen molar-refractivity contribution in [3.8, 4) is 0 Å². The Kier molecular flexibility index (Phi) is 8.38. The third-order valence-corrected chi connectivity index (χ3v) is 18.1. The summed E-state index contributed by atoms with van der Waals surface area (Å²) in [4.78, 5) is 5.37. The van der Waals surface area contributed by atoms with Crippen LogP contribution in [0.15, 0.2) is 84.9 Å². The van der Waals surface area contributed by atoms with E-state index in [9.17, 15) is 0 Å². The van der Waals surface area contributed by atoms with Crippen LogP contribution in [0.5, 0.6) is 0 Å². The average molecular weight is 849 g/mol. The highest BCUT2D eigenvalue weighted by atomic mass is 32.1.